The van der Waals surface area contributed by atoms with E-state index in [0.717, 1.165) is 38.5 Å². The first-order valence-corrected chi connectivity index (χ1v) is 5.04. The van der Waals surface area contributed by atoms with E-state index in [-0.39, 0.29) is 35.5 Å². The van der Waals surface area contributed by atoms with E-state index < -0.39 is 5.97 Å². The SMILES string of the molecule is C=CCCCCC(CCC)C(=O)[O-].[Na+]. The molecule has 3 heteroatoms. The fourth-order valence-electron chi connectivity index (χ4n) is 1.41. The Kier molecular flexibility index (Phi) is 13.4. The molecule has 0 aliphatic heterocycles. The van der Waals surface area contributed by atoms with Crippen molar-refractivity contribution in [2.75, 3.05) is 0 Å². The third-order valence-electron chi connectivity index (χ3n) is 2.18. The number of aliphatic carboxylic acids is 1. The van der Waals surface area contributed by atoms with Crippen LogP contribution in [0, 0.1) is 5.92 Å². The van der Waals surface area contributed by atoms with Crippen molar-refractivity contribution in [2.45, 2.75) is 45.4 Å². The molecule has 0 aromatic carbocycles. The van der Waals surface area contributed by atoms with Gasteiger partial charge in [0.1, 0.15) is 0 Å². The van der Waals surface area contributed by atoms with Gasteiger partial charge in [-0.05, 0) is 31.6 Å². The number of carboxylic acid groups (broad SMARTS) is 1. The topological polar surface area (TPSA) is 40.1 Å². The van der Waals surface area contributed by atoms with Gasteiger partial charge >= 0.3 is 29.6 Å². The average Bonchev–Trinajstić information content (AvgIpc) is 2.10. The van der Waals surface area contributed by atoms with Gasteiger partial charge in [0, 0.05) is 5.97 Å². The molecule has 0 saturated heterocycles. The van der Waals surface area contributed by atoms with Crippen LogP contribution in [0.4, 0.5) is 0 Å². The van der Waals surface area contributed by atoms with Crippen molar-refractivity contribution in [2.24, 2.45) is 5.92 Å². The summed E-state index contributed by atoms with van der Waals surface area (Å²) in [5.74, 6) is -1.13. The molecule has 0 aromatic heterocycles. The van der Waals surface area contributed by atoms with Crippen molar-refractivity contribution < 1.29 is 39.5 Å². The standard InChI is InChI=1S/C11H20O2.Na/c1-3-5-6-7-9-10(8-4-2)11(12)13;/h3,10H,1,4-9H2,2H3,(H,12,13);/q;+1/p-1. The Morgan fingerprint density at radius 2 is 2.07 bits per heavy atom. The molecule has 0 radical (unpaired) electrons. The summed E-state index contributed by atoms with van der Waals surface area (Å²) in [5.41, 5.74) is 0. The zero-order valence-electron chi connectivity index (χ0n) is 9.42. The first-order chi connectivity index (χ1) is 6.22. The molecule has 0 heterocycles. The van der Waals surface area contributed by atoms with Crippen LogP contribution in [0.3, 0.4) is 0 Å². The molecule has 0 spiro atoms. The zero-order chi connectivity index (χ0) is 10.1. The van der Waals surface area contributed by atoms with Gasteiger partial charge in [0.25, 0.3) is 0 Å². The van der Waals surface area contributed by atoms with Crippen molar-refractivity contribution in [1.29, 1.82) is 0 Å². The number of allylic oxidation sites excluding steroid dienone is 1. The van der Waals surface area contributed by atoms with E-state index in [1.807, 2.05) is 13.0 Å². The van der Waals surface area contributed by atoms with Gasteiger partial charge in [-0.2, -0.15) is 0 Å². The van der Waals surface area contributed by atoms with Crippen molar-refractivity contribution in [3.8, 4) is 0 Å². The maximum atomic E-state index is 10.6. The number of carbonyl (C=O) groups excluding carboxylic acids is 1. The number of hydrogen-bond donors (Lipinski definition) is 0. The minimum absolute atomic E-state index is 0. The maximum absolute atomic E-state index is 10.6. The Hall–Kier alpha value is 0.210. The number of unbranched alkanes of at least 4 members (excludes halogenated alkanes) is 2. The second kappa shape index (κ2) is 11.3. The molecule has 2 nitrogen and oxygen atoms in total. The quantitative estimate of drug-likeness (QED) is 0.287. The smallest absolute Gasteiger partial charge is 0.550 e. The maximum Gasteiger partial charge on any atom is 1.00 e. The van der Waals surface area contributed by atoms with Gasteiger partial charge in [-0.1, -0.05) is 25.8 Å². The van der Waals surface area contributed by atoms with E-state index in [4.69, 9.17) is 0 Å². The van der Waals surface area contributed by atoms with Crippen LogP contribution < -0.4 is 34.7 Å². The largest absolute Gasteiger partial charge is 1.00 e. The first kappa shape index (κ1) is 16.6. The van der Waals surface area contributed by atoms with Gasteiger partial charge in [0.15, 0.2) is 0 Å². The van der Waals surface area contributed by atoms with E-state index in [2.05, 4.69) is 6.58 Å². The predicted molar refractivity (Wildman–Crippen MR) is 52.1 cm³/mol. The summed E-state index contributed by atoms with van der Waals surface area (Å²) in [7, 11) is 0. The number of hydrogen-bond acceptors (Lipinski definition) is 2. The van der Waals surface area contributed by atoms with Crippen LogP contribution in [0.15, 0.2) is 12.7 Å². The summed E-state index contributed by atoms with van der Waals surface area (Å²) in [6, 6.07) is 0. The Morgan fingerprint density at radius 1 is 1.43 bits per heavy atom. The first-order valence-electron chi connectivity index (χ1n) is 5.04. The van der Waals surface area contributed by atoms with E-state index in [9.17, 15) is 9.90 Å². The summed E-state index contributed by atoms with van der Waals surface area (Å²) in [5, 5.41) is 10.6. The van der Waals surface area contributed by atoms with Gasteiger partial charge in [-0.15, -0.1) is 6.58 Å². The third kappa shape index (κ3) is 8.79. The summed E-state index contributed by atoms with van der Waals surface area (Å²) >= 11 is 0. The van der Waals surface area contributed by atoms with Crippen LogP contribution in [0.25, 0.3) is 0 Å². The van der Waals surface area contributed by atoms with Crippen LogP contribution in [0.1, 0.15) is 45.4 Å². The molecule has 1 unspecified atom stereocenters. The fourth-order valence-corrected chi connectivity index (χ4v) is 1.41. The van der Waals surface area contributed by atoms with Gasteiger partial charge in [-0.3, -0.25) is 0 Å². The molecule has 76 valence electrons. The Balaban J connectivity index is 0. The number of carboxylic acids is 1. The molecule has 0 rings (SSSR count). The molecule has 14 heavy (non-hydrogen) atoms. The van der Waals surface area contributed by atoms with Gasteiger partial charge < -0.3 is 9.90 Å². The molecule has 0 saturated carbocycles. The van der Waals surface area contributed by atoms with Crippen LogP contribution >= 0.6 is 0 Å². The Labute approximate surface area is 109 Å². The third-order valence-corrected chi connectivity index (χ3v) is 2.18. The summed E-state index contributed by atoms with van der Waals surface area (Å²) in [6.45, 7) is 5.62. The van der Waals surface area contributed by atoms with Crippen LogP contribution in [0.2, 0.25) is 0 Å². The molecule has 1 atom stereocenters. The molecule has 0 amide bonds. The normalized spacial score (nSPS) is 11.5. The van der Waals surface area contributed by atoms with Crippen molar-refractivity contribution in [3.63, 3.8) is 0 Å². The van der Waals surface area contributed by atoms with E-state index in [1.165, 1.54) is 0 Å². The molecule has 0 fully saturated rings. The zero-order valence-corrected chi connectivity index (χ0v) is 11.4. The van der Waals surface area contributed by atoms with E-state index >= 15 is 0 Å². The van der Waals surface area contributed by atoms with Crippen molar-refractivity contribution >= 4 is 5.97 Å². The van der Waals surface area contributed by atoms with Gasteiger partial charge in [0.05, 0.1) is 0 Å². The van der Waals surface area contributed by atoms with E-state index in [1.54, 1.807) is 0 Å². The molecule has 0 aliphatic carbocycles. The van der Waals surface area contributed by atoms with Gasteiger partial charge in [0.2, 0.25) is 0 Å². The van der Waals surface area contributed by atoms with Crippen LogP contribution in [-0.2, 0) is 4.79 Å². The van der Waals surface area contributed by atoms with Crippen LogP contribution in [0.5, 0.6) is 0 Å². The molecule has 0 aromatic rings. The monoisotopic (exact) mass is 206 g/mol. The fraction of sp³-hybridized carbons (Fsp3) is 0.727. The summed E-state index contributed by atoms with van der Waals surface area (Å²) < 4.78 is 0. The molecule has 0 N–H and O–H groups in total. The Bertz CT molecular complexity index is 157. The Morgan fingerprint density at radius 3 is 2.50 bits per heavy atom. The van der Waals surface area contributed by atoms with Crippen molar-refractivity contribution in [1.82, 2.24) is 0 Å². The summed E-state index contributed by atoms with van der Waals surface area (Å²) in [6.07, 6.45) is 7.27. The van der Waals surface area contributed by atoms with E-state index in [0.29, 0.717) is 0 Å². The average molecular weight is 206 g/mol. The predicted octanol–water partition coefficient (Wildman–Crippen LogP) is -1.10. The number of carbonyl (C=O) groups is 1. The van der Waals surface area contributed by atoms with Gasteiger partial charge in [-0.25, -0.2) is 0 Å². The molecule has 0 bridgehead atoms. The van der Waals surface area contributed by atoms with Crippen LogP contribution in [-0.4, -0.2) is 5.97 Å². The molecule has 0 aliphatic rings. The second-order valence-electron chi connectivity index (χ2n) is 3.38. The molecular weight excluding hydrogens is 187 g/mol. The minimum atomic E-state index is -0.888. The number of rotatable bonds is 8. The second-order valence-corrected chi connectivity index (χ2v) is 3.38. The summed E-state index contributed by atoms with van der Waals surface area (Å²) in [4.78, 5) is 10.6. The minimum Gasteiger partial charge on any atom is -0.550 e. The molecular formula is C11H19NaO2. The van der Waals surface area contributed by atoms with Crippen molar-refractivity contribution in [3.05, 3.63) is 12.7 Å².